The molecule has 2 saturated heterocycles. The predicted octanol–water partition coefficient (Wildman–Crippen LogP) is 2.85. The van der Waals surface area contributed by atoms with E-state index in [1.165, 1.54) is 13.3 Å². The van der Waals surface area contributed by atoms with E-state index in [9.17, 15) is 22.8 Å². The Morgan fingerprint density at radius 2 is 1.77 bits per heavy atom. The van der Waals surface area contributed by atoms with E-state index in [1.807, 2.05) is 17.0 Å². The summed E-state index contributed by atoms with van der Waals surface area (Å²) >= 11 is 5.93. The van der Waals surface area contributed by atoms with E-state index in [-0.39, 0.29) is 24.3 Å². The number of hydrogen-bond acceptors (Lipinski definition) is 4. The largest absolute Gasteiger partial charge is 0.490 e. The highest BCUT2D eigenvalue weighted by Gasteiger charge is 2.38. The summed E-state index contributed by atoms with van der Waals surface area (Å²) in [5.41, 5.74) is 0.904. The SMILES string of the molecule is CC(=O)NC(CC(=O)N1CCC(N2CCC2)C1)c1ccc(Cl)cc1.O=C(O)C(F)(F)F. The van der Waals surface area contributed by atoms with Crippen molar-refractivity contribution in [2.45, 2.75) is 44.4 Å². The Bertz CT molecular complexity index is 785. The Morgan fingerprint density at radius 1 is 1.19 bits per heavy atom. The van der Waals surface area contributed by atoms with Gasteiger partial charge in [-0.05, 0) is 43.6 Å². The van der Waals surface area contributed by atoms with Crippen LogP contribution in [0.4, 0.5) is 13.2 Å². The van der Waals surface area contributed by atoms with E-state index < -0.39 is 12.1 Å². The van der Waals surface area contributed by atoms with Crippen LogP contribution >= 0.6 is 11.6 Å². The molecule has 2 N–H and O–H groups in total. The number of amides is 2. The van der Waals surface area contributed by atoms with E-state index in [1.54, 1.807) is 12.1 Å². The van der Waals surface area contributed by atoms with E-state index in [4.69, 9.17) is 21.5 Å². The lowest BCUT2D eigenvalue weighted by Crippen LogP contribution is -2.46. The van der Waals surface area contributed by atoms with Gasteiger partial charge in [-0.1, -0.05) is 23.7 Å². The van der Waals surface area contributed by atoms with Crippen LogP contribution in [0, 0.1) is 0 Å². The number of carbonyl (C=O) groups excluding carboxylic acids is 2. The number of nitrogens with one attached hydrogen (secondary N) is 1. The molecule has 2 atom stereocenters. The second-order valence-corrected chi connectivity index (χ2v) is 7.92. The molecule has 172 valence electrons. The van der Waals surface area contributed by atoms with Gasteiger partial charge in [-0.2, -0.15) is 13.2 Å². The number of nitrogens with zero attached hydrogens (tertiary/aromatic N) is 2. The van der Waals surface area contributed by atoms with Crippen LogP contribution < -0.4 is 5.32 Å². The molecule has 2 amide bonds. The van der Waals surface area contributed by atoms with Crippen molar-refractivity contribution in [2.75, 3.05) is 26.2 Å². The van der Waals surface area contributed by atoms with E-state index >= 15 is 0 Å². The molecule has 1 aromatic rings. The molecule has 31 heavy (non-hydrogen) atoms. The zero-order chi connectivity index (χ0) is 23.2. The van der Waals surface area contributed by atoms with Gasteiger partial charge in [0.05, 0.1) is 12.5 Å². The van der Waals surface area contributed by atoms with Crippen molar-refractivity contribution in [3.05, 3.63) is 34.9 Å². The van der Waals surface area contributed by atoms with Gasteiger partial charge >= 0.3 is 12.1 Å². The van der Waals surface area contributed by atoms with Crippen LogP contribution in [0.25, 0.3) is 0 Å². The van der Waals surface area contributed by atoms with E-state index in [0.717, 1.165) is 38.2 Å². The van der Waals surface area contributed by atoms with Crippen molar-refractivity contribution in [1.29, 1.82) is 0 Å². The van der Waals surface area contributed by atoms with E-state index in [2.05, 4.69) is 10.2 Å². The lowest BCUT2D eigenvalue weighted by Gasteiger charge is -2.36. The molecular formula is C20H25ClF3N3O4. The van der Waals surface area contributed by atoms with Gasteiger partial charge in [0.15, 0.2) is 0 Å². The maximum absolute atomic E-state index is 12.7. The molecule has 2 heterocycles. The Morgan fingerprint density at radius 3 is 2.23 bits per heavy atom. The Balaban J connectivity index is 0.000000423. The second-order valence-electron chi connectivity index (χ2n) is 7.48. The van der Waals surface area contributed by atoms with Gasteiger partial charge in [-0.25, -0.2) is 4.79 Å². The maximum Gasteiger partial charge on any atom is 0.490 e. The fourth-order valence-corrected chi connectivity index (χ4v) is 3.59. The minimum Gasteiger partial charge on any atom is -0.475 e. The van der Waals surface area contributed by atoms with Crippen molar-refractivity contribution < 1.29 is 32.7 Å². The van der Waals surface area contributed by atoms with Crippen molar-refractivity contribution in [1.82, 2.24) is 15.1 Å². The zero-order valence-corrected chi connectivity index (χ0v) is 17.7. The summed E-state index contributed by atoms with van der Waals surface area (Å²) in [6.07, 6.45) is -2.48. The first-order chi connectivity index (χ1) is 14.5. The number of benzene rings is 1. The van der Waals surface area contributed by atoms with Gasteiger partial charge in [0, 0.05) is 31.1 Å². The average Bonchev–Trinajstić information content (AvgIpc) is 3.09. The van der Waals surface area contributed by atoms with Gasteiger partial charge in [-0.3, -0.25) is 14.5 Å². The fraction of sp³-hybridized carbons (Fsp3) is 0.550. The number of hydrogen-bond donors (Lipinski definition) is 2. The van der Waals surface area contributed by atoms with Crippen LogP contribution in [0.2, 0.25) is 5.02 Å². The molecule has 0 aromatic heterocycles. The summed E-state index contributed by atoms with van der Waals surface area (Å²) in [7, 11) is 0. The average molecular weight is 464 g/mol. The summed E-state index contributed by atoms with van der Waals surface area (Å²) in [6, 6.07) is 7.50. The third-order valence-corrected chi connectivity index (χ3v) is 5.45. The van der Waals surface area contributed by atoms with E-state index in [0.29, 0.717) is 11.1 Å². The molecule has 3 rings (SSSR count). The van der Waals surface area contributed by atoms with Gasteiger partial charge < -0.3 is 15.3 Å². The molecule has 1 aromatic carbocycles. The molecule has 0 spiro atoms. The Kier molecular flexibility index (Phi) is 8.69. The lowest BCUT2D eigenvalue weighted by atomic mass is 10.0. The van der Waals surface area contributed by atoms with Crippen molar-refractivity contribution in [3.8, 4) is 0 Å². The summed E-state index contributed by atoms with van der Waals surface area (Å²) < 4.78 is 31.7. The minimum atomic E-state index is -5.08. The molecule has 2 aliphatic heterocycles. The number of aliphatic carboxylic acids is 1. The fourth-order valence-electron chi connectivity index (χ4n) is 3.47. The maximum atomic E-state index is 12.7. The van der Waals surface area contributed by atoms with Crippen LogP contribution in [0.1, 0.15) is 37.8 Å². The first kappa shape index (κ1) is 24.9. The first-order valence-electron chi connectivity index (χ1n) is 9.82. The van der Waals surface area contributed by atoms with Gasteiger partial charge in [0.25, 0.3) is 0 Å². The summed E-state index contributed by atoms with van der Waals surface area (Å²) in [4.78, 5) is 37.5. The van der Waals surface area contributed by atoms with Crippen molar-refractivity contribution >= 4 is 29.4 Å². The summed E-state index contributed by atoms with van der Waals surface area (Å²) in [6.45, 7) is 5.42. The minimum absolute atomic E-state index is 0.103. The molecule has 0 radical (unpaired) electrons. The first-order valence-corrected chi connectivity index (χ1v) is 10.2. The molecule has 2 aliphatic rings. The third kappa shape index (κ3) is 7.70. The van der Waals surface area contributed by atoms with Crippen LogP contribution in [0.5, 0.6) is 0 Å². The topological polar surface area (TPSA) is 90.0 Å². The zero-order valence-electron chi connectivity index (χ0n) is 17.0. The quantitative estimate of drug-likeness (QED) is 0.701. The summed E-state index contributed by atoms with van der Waals surface area (Å²) in [5.74, 6) is -2.79. The Labute approximate surface area is 183 Å². The molecule has 0 saturated carbocycles. The summed E-state index contributed by atoms with van der Waals surface area (Å²) in [5, 5.41) is 10.7. The molecule has 11 heteroatoms. The number of halogens is 4. The molecule has 0 bridgehead atoms. The van der Waals surface area contributed by atoms with Gasteiger partial charge in [0.1, 0.15) is 0 Å². The molecule has 0 aliphatic carbocycles. The number of carboxylic acids is 1. The van der Waals surface area contributed by atoms with Crippen LogP contribution in [-0.2, 0) is 14.4 Å². The molecule has 2 unspecified atom stereocenters. The number of alkyl halides is 3. The van der Waals surface area contributed by atoms with Crippen LogP contribution in [-0.4, -0.2) is 71.1 Å². The smallest absolute Gasteiger partial charge is 0.475 e. The predicted molar refractivity (Wildman–Crippen MR) is 107 cm³/mol. The second kappa shape index (κ2) is 10.8. The van der Waals surface area contributed by atoms with Crippen LogP contribution in [0.3, 0.4) is 0 Å². The number of carboxylic acid groups (broad SMARTS) is 1. The third-order valence-electron chi connectivity index (χ3n) is 5.19. The highest BCUT2D eigenvalue weighted by Crippen LogP contribution is 2.24. The van der Waals surface area contributed by atoms with Gasteiger partial charge in [-0.15, -0.1) is 0 Å². The van der Waals surface area contributed by atoms with Crippen LogP contribution in [0.15, 0.2) is 24.3 Å². The highest BCUT2D eigenvalue weighted by molar-refractivity contribution is 6.30. The molecule has 2 fully saturated rings. The number of carbonyl (C=O) groups is 3. The molecule has 7 nitrogen and oxygen atoms in total. The number of rotatable bonds is 5. The van der Waals surface area contributed by atoms with Gasteiger partial charge in [0.2, 0.25) is 11.8 Å². The monoisotopic (exact) mass is 463 g/mol. The molecular weight excluding hydrogens is 439 g/mol. The Hall–Kier alpha value is -2.33. The number of likely N-dealkylation sites (tertiary alicyclic amines) is 2. The van der Waals surface area contributed by atoms with Crippen molar-refractivity contribution in [3.63, 3.8) is 0 Å². The highest BCUT2D eigenvalue weighted by atomic mass is 35.5. The van der Waals surface area contributed by atoms with Crippen molar-refractivity contribution in [2.24, 2.45) is 0 Å². The lowest BCUT2D eigenvalue weighted by molar-refractivity contribution is -0.192. The normalized spacial score (nSPS) is 19.6. The standard InChI is InChI=1S/C18H24ClN3O2.C2HF3O2/c1-13(23)20-17(14-3-5-15(19)6-4-14)11-18(24)22-10-7-16(12-22)21-8-2-9-21;3-2(4,5)1(6)7/h3-6,16-17H,2,7-12H2,1H3,(H,20,23);(H,6,7).